The van der Waals surface area contributed by atoms with Crippen molar-refractivity contribution in [1.82, 2.24) is 9.03 Å². The summed E-state index contributed by atoms with van der Waals surface area (Å²) in [5, 5.41) is 1.88. The Labute approximate surface area is 158 Å². The summed E-state index contributed by atoms with van der Waals surface area (Å²) in [6, 6.07) is 9.15. The molecule has 1 aliphatic carbocycles. The zero-order valence-corrected chi connectivity index (χ0v) is 16.5. The fourth-order valence-electron chi connectivity index (χ4n) is 2.41. The monoisotopic (exact) mass is 412 g/mol. The molecule has 1 heterocycles. The summed E-state index contributed by atoms with van der Waals surface area (Å²) in [5.41, 5.74) is 0. The number of nitrogens with zero attached hydrogens (tertiary/aromatic N) is 1. The van der Waals surface area contributed by atoms with E-state index in [1.54, 1.807) is 0 Å². The van der Waals surface area contributed by atoms with Crippen LogP contribution in [-0.2, 0) is 26.6 Å². The highest BCUT2D eigenvalue weighted by atomic mass is 32.2. The topological polar surface area (TPSA) is 83.6 Å². The molecule has 0 spiro atoms. The SMILES string of the molecule is C=CCN(Cc1cccs1)S(=O)(=O)c1cccc(S(=O)(=O)NC2CC2)c1. The predicted octanol–water partition coefficient (Wildman–Crippen LogP) is 2.57. The van der Waals surface area contributed by atoms with Crippen LogP contribution in [0.2, 0.25) is 0 Å². The molecule has 1 N–H and O–H groups in total. The quantitative estimate of drug-likeness (QED) is 0.642. The van der Waals surface area contributed by atoms with Gasteiger partial charge < -0.3 is 0 Å². The zero-order valence-electron chi connectivity index (χ0n) is 14.0. The van der Waals surface area contributed by atoms with E-state index in [-0.39, 0.29) is 28.9 Å². The lowest BCUT2D eigenvalue weighted by molar-refractivity contribution is 0.441. The molecule has 1 aliphatic rings. The first-order valence-electron chi connectivity index (χ1n) is 8.09. The molecule has 1 aromatic carbocycles. The summed E-state index contributed by atoms with van der Waals surface area (Å²) in [7, 11) is -7.58. The number of sulfonamides is 2. The second-order valence-electron chi connectivity index (χ2n) is 6.04. The number of rotatable bonds is 9. The zero-order chi connectivity index (χ0) is 18.8. The lowest BCUT2D eigenvalue weighted by Gasteiger charge is -2.20. The van der Waals surface area contributed by atoms with Gasteiger partial charge in [-0.15, -0.1) is 17.9 Å². The lowest BCUT2D eigenvalue weighted by atomic mass is 10.4. The highest BCUT2D eigenvalue weighted by molar-refractivity contribution is 7.90. The van der Waals surface area contributed by atoms with E-state index in [0.717, 1.165) is 17.7 Å². The molecule has 0 unspecified atom stereocenters. The van der Waals surface area contributed by atoms with Crippen LogP contribution >= 0.6 is 11.3 Å². The third-order valence-corrected chi connectivity index (χ3v) is 8.08. The van der Waals surface area contributed by atoms with Crippen molar-refractivity contribution in [2.75, 3.05) is 6.54 Å². The van der Waals surface area contributed by atoms with Crippen molar-refractivity contribution in [2.45, 2.75) is 35.2 Å². The molecular formula is C17H20N2O4S3. The van der Waals surface area contributed by atoms with Crippen molar-refractivity contribution in [3.05, 3.63) is 59.3 Å². The van der Waals surface area contributed by atoms with Crippen LogP contribution in [0.25, 0.3) is 0 Å². The molecule has 26 heavy (non-hydrogen) atoms. The largest absolute Gasteiger partial charge is 0.243 e. The Morgan fingerprint density at radius 2 is 1.88 bits per heavy atom. The van der Waals surface area contributed by atoms with Crippen molar-refractivity contribution in [2.24, 2.45) is 0 Å². The van der Waals surface area contributed by atoms with Crippen LogP contribution in [0.15, 0.2) is 64.2 Å². The first-order chi connectivity index (χ1) is 12.3. The van der Waals surface area contributed by atoms with Crippen LogP contribution < -0.4 is 4.72 Å². The molecule has 1 saturated carbocycles. The number of thiophene rings is 1. The maximum Gasteiger partial charge on any atom is 0.243 e. The summed E-state index contributed by atoms with van der Waals surface area (Å²) in [5.74, 6) is 0. The van der Waals surface area contributed by atoms with Gasteiger partial charge in [0.25, 0.3) is 0 Å². The molecule has 0 aliphatic heterocycles. The van der Waals surface area contributed by atoms with Crippen LogP contribution in [0.3, 0.4) is 0 Å². The van der Waals surface area contributed by atoms with E-state index < -0.39 is 20.0 Å². The fourth-order valence-corrected chi connectivity index (χ4v) is 6.07. The van der Waals surface area contributed by atoms with Crippen LogP contribution in [0.1, 0.15) is 17.7 Å². The number of hydrogen-bond acceptors (Lipinski definition) is 5. The van der Waals surface area contributed by atoms with Gasteiger partial charge in [-0.2, -0.15) is 4.31 Å². The molecule has 9 heteroatoms. The van der Waals surface area contributed by atoms with Gasteiger partial charge >= 0.3 is 0 Å². The van der Waals surface area contributed by atoms with Gasteiger partial charge in [0.2, 0.25) is 20.0 Å². The van der Waals surface area contributed by atoms with Gasteiger partial charge in [0.1, 0.15) is 0 Å². The molecule has 1 aromatic heterocycles. The van der Waals surface area contributed by atoms with Crippen LogP contribution in [0.4, 0.5) is 0 Å². The summed E-state index contributed by atoms with van der Waals surface area (Å²) in [6.45, 7) is 3.97. The van der Waals surface area contributed by atoms with Crippen LogP contribution in [0.5, 0.6) is 0 Å². The Morgan fingerprint density at radius 1 is 1.15 bits per heavy atom. The molecule has 0 bridgehead atoms. The average molecular weight is 413 g/mol. The number of nitrogens with one attached hydrogen (secondary N) is 1. The molecule has 1 fully saturated rings. The van der Waals surface area contributed by atoms with Crippen LogP contribution in [0, 0.1) is 0 Å². The van der Waals surface area contributed by atoms with E-state index in [2.05, 4.69) is 11.3 Å². The minimum atomic E-state index is -3.86. The van der Waals surface area contributed by atoms with Gasteiger partial charge in [-0.1, -0.05) is 18.2 Å². The van der Waals surface area contributed by atoms with Crippen molar-refractivity contribution in [3.63, 3.8) is 0 Å². The molecule has 0 amide bonds. The third kappa shape index (κ3) is 4.41. The Kier molecular flexibility index (Phi) is 5.64. The number of benzene rings is 1. The standard InChI is InChI=1S/C17H20N2O4S3/c1-2-10-19(13-15-5-4-11-24-15)26(22,23)17-7-3-6-16(12-17)25(20,21)18-14-8-9-14/h2-7,11-12,14,18H,1,8-10,13H2. The van der Waals surface area contributed by atoms with E-state index in [0.29, 0.717) is 0 Å². The van der Waals surface area contributed by atoms with Gasteiger partial charge in [-0.3, -0.25) is 0 Å². The second kappa shape index (κ2) is 7.61. The fraction of sp³-hybridized carbons (Fsp3) is 0.294. The molecular weight excluding hydrogens is 392 g/mol. The third-order valence-electron chi connectivity index (χ3n) is 3.90. The summed E-state index contributed by atoms with van der Waals surface area (Å²) in [4.78, 5) is 0.810. The summed E-state index contributed by atoms with van der Waals surface area (Å²) < 4.78 is 54.7. The average Bonchev–Trinajstić information content (AvgIpc) is 3.25. The van der Waals surface area contributed by atoms with E-state index in [1.165, 1.54) is 46.0 Å². The minimum absolute atomic E-state index is 0.0415. The van der Waals surface area contributed by atoms with Crippen molar-refractivity contribution in [1.29, 1.82) is 0 Å². The molecule has 2 aromatic rings. The van der Waals surface area contributed by atoms with Crippen LogP contribution in [-0.4, -0.2) is 33.7 Å². The first kappa shape index (κ1) is 19.2. The highest BCUT2D eigenvalue weighted by Crippen LogP contribution is 2.25. The van der Waals surface area contributed by atoms with Gasteiger partial charge in [0.05, 0.1) is 9.79 Å². The summed E-state index contributed by atoms with van der Waals surface area (Å²) >= 11 is 1.46. The van der Waals surface area contributed by atoms with E-state index in [1.807, 2.05) is 17.5 Å². The lowest BCUT2D eigenvalue weighted by Crippen LogP contribution is -2.31. The van der Waals surface area contributed by atoms with Crippen molar-refractivity contribution in [3.8, 4) is 0 Å². The van der Waals surface area contributed by atoms with E-state index in [4.69, 9.17) is 0 Å². The smallest absolute Gasteiger partial charge is 0.208 e. The van der Waals surface area contributed by atoms with Crippen molar-refractivity contribution >= 4 is 31.4 Å². The van der Waals surface area contributed by atoms with E-state index >= 15 is 0 Å². The van der Waals surface area contributed by atoms with Gasteiger partial charge in [0, 0.05) is 24.0 Å². The molecule has 3 rings (SSSR count). The molecule has 140 valence electrons. The van der Waals surface area contributed by atoms with E-state index in [9.17, 15) is 16.8 Å². The normalized spacial score (nSPS) is 15.3. The molecule has 6 nitrogen and oxygen atoms in total. The van der Waals surface area contributed by atoms with Crippen molar-refractivity contribution < 1.29 is 16.8 Å². The first-order valence-corrected chi connectivity index (χ1v) is 11.9. The molecule has 0 atom stereocenters. The number of hydrogen-bond donors (Lipinski definition) is 1. The van der Waals surface area contributed by atoms with Gasteiger partial charge in [-0.25, -0.2) is 21.6 Å². The maximum absolute atomic E-state index is 13.0. The highest BCUT2D eigenvalue weighted by Gasteiger charge is 2.30. The minimum Gasteiger partial charge on any atom is -0.208 e. The second-order valence-corrected chi connectivity index (χ2v) is 10.7. The molecule has 0 radical (unpaired) electrons. The Balaban J connectivity index is 1.92. The Morgan fingerprint density at radius 3 is 2.50 bits per heavy atom. The predicted molar refractivity (Wildman–Crippen MR) is 102 cm³/mol. The Hall–Kier alpha value is -1.52. The molecule has 0 saturated heterocycles. The Bertz CT molecular complexity index is 979. The maximum atomic E-state index is 13.0. The van der Waals surface area contributed by atoms with Gasteiger partial charge in [0.15, 0.2) is 0 Å². The van der Waals surface area contributed by atoms with Gasteiger partial charge in [-0.05, 0) is 42.5 Å². The summed E-state index contributed by atoms with van der Waals surface area (Å²) in [6.07, 6.45) is 3.14.